The van der Waals surface area contributed by atoms with Gasteiger partial charge < -0.3 is 9.80 Å². The summed E-state index contributed by atoms with van der Waals surface area (Å²) in [5.74, 6) is -0.218. The van der Waals surface area contributed by atoms with Crippen molar-refractivity contribution < 1.29 is 18.0 Å². The third-order valence-corrected chi connectivity index (χ3v) is 4.80. The molecule has 2 aromatic carbocycles. The average Bonchev–Trinajstić information content (AvgIpc) is 2.98. The normalized spacial score (nSPS) is 15.2. The number of hydrogen-bond donors (Lipinski definition) is 0. The van der Waals surface area contributed by atoms with Gasteiger partial charge in [0.1, 0.15) is 0 Å². The minimum Gasteiger partial charge on any atom is -0.370 e. The standard InChI is InChI=1S/C22H20F3N3O/c23-22(24,25)19-4-1-3-17(15-19)7-10-21(29)28-12-2-11-27(13-14-28)20-8-5-18(16-26)6-9-20/h1,3-10,15H,2,11-14H2/b10-7+. The van der Waals surface area contributed by atoms with Crippen LogP contribution >= 0.6 is 0 Å². The number of carbonyl (C=O) groups excluding carboxylic acids is 1. The fraction of sp³-hybridized carbons (Fsp3) is 0.273. The summed E-state index contributed by atoms with van der Waals surface area (Å²) in [5, 5.41) is 8.90. The third-order valence-electron chi connectivity index (χ3n) is 4.80. The lowest BCUT2D eigenvalue weighted by Crippen LogP contribution is -2.34. The Hall–Kier alpha value is -3.27. The van der Waals surface area contributed by atoms with Gasteiger partial charge in [0.25, 0.3) is 0 Å². The number of nitrogens with zero attached hydrogens (tertiary/aromatic N) is 3. The van der Waals surface area contributed by atoms with Gasteiger partial charge in [0.05, 0.1) is 17.2 Å². The lowest BCUT2D eigenvalue weighted by atomic mass is 10.1. The van der Waals surface area contributed by atoms with E-state index in [1.54, 1.807) is 17.0 Å². The molecule has 1 heterocycles. The van der Waals surface area contributed by atoms with Crippen LogP contribution in [0.5, 0.6) is 0 Å². The van der Waals surface area contributed by atoms with Crippen LogP contribution in [0.25, 0.3) is 6.08 Å². The highest BCUT2D eigenvalue weighted by atomic mass is 19.4. The van der Waals surface area contributed by atoms with Crippen LogP contribution in [-0.2, 0) is 11.0 Å². The smallest absolute Gasteiger partial charge is 0.370 e. The minimum absolute atomic E-state index is 0.218. The zero-order valence-corrected chi connectivity index (χ0v) is 15.7. The Morgan fingerprint density at radius 2 is 1.79 bits per heavy atom. The maximum atomic E-state index is 12.8. The lowest BCUT2D eigenvalue weighted by Gasteiger charge is -2.23. The van der Waals surface area contributed by atoms with E-state index in [1.807, 2.05) is 12.1 Å². The zero-order valence-electron chi connectivity index (χ0n) is 15.7. The molecule has 4 nitrogen and oxygen atoms in total. The van der Waals surface area contributed by atoms with Crippen molar-refractivity contribution in [1.82, 2.24) is 4.90 Å². The highest BCUT2D eigenvalue weighted by Crippen LogP contribution is 2.29. The average molecular weight is 399 g/mol. The van der Waals surface area contributed by atoms with Gasteiger partial charge in [-0.15, -0.1) is 0 Å². The Morgan fingerprint density at radius 1 is 1.03 bits per heavy atom. The predicted octanol–water partition coefficient (Wildman–Crippen LogP) is 4.33. The summed E-state index contributed by atoms with van der Waals surface area (Å²) in [7, 11) is 0. The second-order valence-electron chi connectivity index (χ2n) is 6.78. The van der Waals surface area contributed by atoms with Gasteiger partial charge in [-0.1, -0.05) is 12.1 Å². The molecular weight excluding hydrogens is 379 g/mol. The van der Waals surface area contributed by atoms with Crippen molar-refractivity contribution in [2.75, 3.05) is 31.1 Å². The van der Waals surface area contributed by atoms with E-state index in [0.29, 0.717) is 30.8 Å². The fourth-order valence-electron chi connectivity index (χ4n) is 3.23. The first-order chi connectivity index (χ1) is 13.9. The summed E-state index contributed by atoms with van der Waals surface area (Å²) in [6.07, 6.45) is -0.885. The van der Waals surface area contributed by atoms with Crippen LogP contribution in [0.15, 0.2) is 54.6 Å². The van der Waals surface area contributed by atoms with Gasteiger partial charge in [0, 0.05) is 37.9 Å². The quantitative estimate of drug-likeness (QED) is 0.722. The molecule has 0 bridgehead atoms. The first-order valence-electron chi connectivity index (χ1n) is 9.26. The number of nitriles is 1. The lowest BCUT2D eigenvalue weighted by molar-refractivity contribution is -0.137. The van der Waals surface area contributed by atoms with Gasteiger partial charge in [-0.3, -0.25) is 4.79 Å². The first kappa shape index (κ1) is 20.5. The molecule has 2 aromatic rings. The molecule has 29 heavy (non-hydrogen) atoms. The maximum Gasteiger partial charge on any atom is 0.416 e. The van der Waals surface area contributed by atoms with Crippen LogP contribution in [-0.4, -0.2) is 37.0 Å². The van der Waals surface area contributed by atoms with Gasteiger partial charge in [-0.25, -0.2) is 0 Å². The van der Waals surface area contributed by atoms with Gasteiger partial charge >= 0.3 is 6.18 Å². The van der Waals surface area contributed by atoms with E-state index in [1.165, 1.54) is 24.3 Å². The van der Waals surface area contributed by atoms with Gasteiger partial charge in [0.15, 0.2) is 0 Å². The predicted molar refractivity (Wildman–Crippen MR) is 105 cm³/mol. The Bertz CT molecular complexity index is 930. The highest BCUT2D eigenvalue weighted by molar-refractivity contribution is 5.91. The summed E-state index contributed by atoms with van der Waals surface area (Å²) in [5.41, 5.74) is 1.19. The minimum atomic E-state index is -4.41. The molecule has 0 radical (unpaired) electrons. The van der Waals surface area contributed by atoms with Gasteiger partial charge in [-0.2, -0.15) is 18.4 Å². The molecule has 0 spiro atoms. The Kier molecular flexibility index (Phi) is 6.23. The number of halogens is 3. The molecule has 0 saturated carbocycles. The molecule has 0 N–H and O–H groups in total. The van der Waals surface area contributed by atoms with E-state index < -0.39 is 11.7 Å². The van der Waals surface area contributed by atoms with Crippen molar-refractivity contribution in [1.29, 1.82) is 5.26 Å². The van der Waals surface area contributed by atoms with Gasteiger partial charge in [-0.05, 0) is 54.5 Å². The summed E-state index contributed by atoms with van der Waals surface area (Å²) < 4.78 is 38.4. The summed E-state index contributed by atoms with van der Waals surface area (Å²) in [6.45, 7) is 2.53. The van der Waals surface area contributed by atoms with Crippen molar-refractivity contribution in [3.63, 3.8) is 0 Å². The van der Waals surface area contributed by atoms with E-state index in [0.717, 1.165) is 30.8 Å². The van der Waals surface area contributed by atoms with Crippen molar-refractivity contribution in [3.8, 4) is 6.07 Å². The van der Waals surface area contributed by atoms with Crippen LogP contribution in [0.4, 0.5) is 18.9 Å². The van der Waals surface area contributed by atoms with Crippen LogP contribution in [0, 0.1) is 11.3 Å². The van der Waals surface area contributed by atoms with Crippen LogP contribution in [0.3, 0.4) is 0 Å². The summed E-state index contributed by atoms with van der Waals surface area (Å²) in [4.78, 5) is 16.4. The SMILES string of the molecule is N#Cc1ccc(N2CCCN(C(=O)/C=C/c3cccc(C(F)(F)F)c3)CC2)cc1. The monoisotopic (exact) mass is 399 g/mol. The first-order valence-corrected chi connectivity index (χ1v) is 9.26. The van der Waals surface area contributed by atoms with E-state index >= 15 is 0 Å². The second-order valence-corrected chi connectivity index (χ2v) is 6.78. The van der Waals surface area contributed by atoms with Crippen LogP contribution in [0.1, 0.15) is 23.1 Å². The highest BCUT2D eigenvalue weighted by Gasteiger charge is 2.30. The maximum absolute atomic E-state index is 12.8. The van der Waals surface area contributed by atoms with E-state index in [2.05, 4.69) is 11.0 Å². The summed E-state index contributed by atoms with van der Waals surface area (Å²) in [6, 6.07) is 14.3. The number of rotatable bonds is 3. The molecule has 150 valence electrons. The largest absolute Gasteiger partial charge is 0.416 e. The molecule has 0 aliphatic carbocycles. The molecule has 3 rings (SSSR count). The third kappa shape index (κ3) is 5.38. The Balaban J connectivity index is 1.62. The molecule has 1 amide bonds. The molecule has 0 atom stereocenters. The molecule has 1 aliphatic rings. The van der Waals surface area contributed by atoms with E-state index in [4.69, 9.17) is 5.26 Å². The molecule has 1 saturated heterocycles. The number of anilines is 1. The number of alkyl halides is 3. The van der Waals surface area contributed by atoms with Crippen LogP contribution in [0.2, 0.25) is 0 Å². The number of amides is 1. The van der Waals surface area contributed by atoms with Crippen molar-refractivity contribution in [2.24, 2.45) is 0 Å². The molecule has 0 aromatic heterocycles. The molecule has 7 heteroatoms. The number of hydrogen-bond acceptors (Lipinski definition) is 3. The van der Waals surface area contributed by atoms with Crippen molar-refractivity contribution in [2.45, 2.75) is 12.6 Å². The molecule has 1 fully saturated rings. The molecule has 1 aliphatic heterocycles. The van der Waals surface area contributed by atoms with Crippen molar-refractivity contribution >= 4 is 17.7 Å². The van der Waals surface area contributed by atoms with E-state index in [9.17, 15) is 18.0 Å². The second kappa shape index (κ2) is 8.82. The zero-order chi connectivity index (χ0) is 20.9. The van der Waals surface area contributed by atoms with Gasteiger partial charge in [0.2, 0.25) is 5.91 Å². The van der Waals surface area contributed by atoms with E-state index in [-0.39, 0.29) is 5.91 Å². The van der Waals surface area contributed by atoms with Crippen LogP contribution < -0.4 is 4.90 Å². The summed E-state index contributed by atoms with van der Waals surface area (Å²) >= 11 is 0. The Labute approximate surface area is 167 Å². The molecular formula is C22H20F3N3O. The number of benzene rings is 2. The topological polar surface area (TPSA) is 47.3 Å². The number of carbonyl (C=O) groups is 1. The van der Waals surface area contributed by atoms with Crippen molar-refractivity contribution in [3.05, 3.63) is 71.3 Å². The molecule has 0 unspecified atom stereocenters. The Morgan fingerprint density at radius 3 is 2.48 bits per heavy atom. The fourth-order valence-corrected chi connectivity index (χ4v) is 3.23.